The second-order valence-electron chi connectivity index (χ2n) is 2.43. The van der Waals surface area contributed by atoms with Crippen molar-refractivity contribution < 1.29 is 9.53 Å². The van der Waals surface area contributed by atoms with Gasteiger partial charge in [-0.2, -0.15) is 5.26 Å². The van der Waals surface area contributed by atoms with Crippen LogP contribution in [0.1, 0.15) is 19.8 Å². The predicted molar refractivity (Wildman–Crippen MR) is 42.0 cm³/mol. The first kappa shape index (κ1) is 8.60. The Morgan fingerprint density at radius 1 is 1.75 bits per heavy atom. The van der Waals surface area contributed by atoms with Crippen LogP contribution in [0, 0.1) is 11.3 Å². The molecule has 0 saturated heterocycles. The Labute approximate surface area is 70.8 Å². The number of nitriles is 1. The standard InChI is InChI=1S/C8H10N2O2/c1-2-7-6(5-9)3-4-12-8(11)10-7/h2-4H2,1H3,(H,10,11). The zero-order chi connectivity index (χ0) is 8.97. The molecule has 1 N–H and O–H groups in total. The number of carbonyl (C=O) groups excluding carboxylic acids is 1. The van der Waals surface area contributed by atoms with E-state index in [1.165, 1.54) is 0 Å². The van der Waals surface area contributed by atoms with Crippen molar-refractivity contribution in [3.8, 4) is 6.07 Å². The second-order valence-corrected chi connectivity index (χ2v) is 2.43. The lowest BCUT2D eigenvalue weighted by Gasteiger charge is -2.03. The number of nitrogens with zero attached hydrogens (tertiary/aromatic N) is 1. The predicted octanol–water partition coefficient (Wildman–Crippen LogP) is 1.30. The second kappa shape index (κ2) is 3.77. The van der Waals surface area contributed by atoms with E-state index < -0.39 is 6.09 Å². The zero-order valence-electron chi connectivity index (χ0n) is 6.89. The Balaban J connectivity index is 2.86. The summed E-state index contributed by atoms with van der Waals surface area (Å²) in [6, 6.07) is 2.05. The molecule has 4 heteroatoms. The van der Waals surface area contributed by atoms with Gasteiger partial charge in [-0.25, -0.2) is 4.79 Å². The fourth-order valence-corrected chi connectivity index (χ4v) is 1.06. The van der Waals surface area contributed by atoms with Crippen LogP contribution in [0.3, 0.4) is 0 Å². The maximum absolute atomic E-state index is 10.8. The highest BCUT2D eigenvalue weighted by molar-refractivity contribution is 5.70. The van der Waals surface area contributed by atoms with Crippen LogP contribution in [0.25, 0.3) is 0 Å². The first-order valence-corrected chi connectivity index (χ1v) is 3.83. The van der Waals surface area contributed by atoms with Crippen LogP contribution in [-0.2, 0) is 4.74 Å². The molecule has 12 heavy (non-hydrogen) atoms. The van der Waals surface area contributed by atoms with Crippen LogP contribution in [0.2, 0.25) is 0 Å². The molecule has 0 unspecified atom stereocenters. The van der Waals surface area contributed by atoms with Gasteiger partial charge in [0.2, 0.25) is 0 Å². The summed E-state index contributed by atoms with van der Waals surface area (Å²) in [6.45, 7) is 2.18. The smallest absolute Gasteiger partial charge is 0.411 e. The van der Waals surface area contributed by atoms with E-state index in [9.17, 15) is 4.79 Å². The molecule has 1 aliphatic rings. The van der Waals surface area contributed by atoms with Gasteiger partial charge >= 0.3 is 6.09 Å². The van der Waals surface area contributed by atoms with E-state index in [4.69, 9.17) is 10.00 Å². The Morgan fingerprint density at radius 2 is 2.50 bits per heavy atom. The molecule has 1 aliphatic heterocycles. The maximum atomic E-state index is 10.8. The van der Waals surface area contributed by atoms with E-state index in [0.29, 0.717) is 24.1 Å². The number of rotatable bonds is 1. The number of hydrogen-bond acceptors (Lipinski definition) is 3. The molecule has 1 heterocycles. The fourth-order valence-electron chi connectivity index (χ4n) is 1.06. The summed E-state index contributed by atoms with van der Waals surface area (Å²) in [5.41, 5.74) is 1.29. The van der Waals surface area contributed by atoms with E-state index in [2.05, 4.69) is 11.4 Å². The number of allylic oxidation sites excluding steroid dienone is 1. The Hall–Kier alpha value is -1.50. The average molecular weight is 166 g/mol. The molecule has 0 aromatic rings. The van der Waals surface area contributed by atoms with Gasteiger partial charge in [0.15, 0.2) is 0 Å². The summed E-state index contributed by atoms with van der Waals surface area (Å²) in [5, 5.41) is 11.2. The summed E-state index contributed by atoms with van der Waals surface area (Å²) in [4.78, 5) is 10.8. The zero-order valence-corrected chi connectivity index (χ0v) is 6.89. The maximum Gasteiger partial charge on any atom is 0.411 e. The van der Waals surface area contributed by atoms with Gasteiger partial charge in [0, 0.05) is 12.1 Å². The third-order valence-corrected chi connectivity index (χ3v) is 1.69. The van der Waals surface area contributed by atoms with Crippen molar-refractivity contribution in [3.63, 3.8) is 0 Å². The number of alkyl carbamates (subject to hydrolysis) is 1. The molecular weight excluding hydrogens is 156 g/mol. The first-order valence-electron chi connectivity index (χ1n) is 3.83. The number of cyclic esters (lactones) is 1. The largest absolute Gasteiger partial charge is 0.449 e. The van der Waals surface area contributed by atoms with Gasteiger partial charge in [0.1, 0.15) is 0 Å². The van der Waals surface area contributed by atoms with Crippen molar-refractivity contribution in [3.05, 3.63) is 11.3 Å². The number of ether oxygens (including phenoxy) is 1. The normalized spacial score (nSPS) is 17.5. The monoisotopic (exact) mass is 166 g/mol. The highest BCUT2D eigenvalue weighted by Crippen LogP contribution is 2.12. The molecule has 0 bridgehead atoms. The first-order chi connectivity index (χ1) is 5.77. The van der Waals surface area contributed by atoms with Crippen molar-refractivity contribution in [1.82, 2.24) is 5.32 Å². The molecule has 1 rings (SSSR count). The van der Waals surface area contributed by atoms with E-state index in [1.54, 1.807) is 0 Å². The van der Waals surface area contributed by atoms with Crippen molar-refractivity contribution in [2.45, 2.75) is 19.8 Å². The summed E-state index contributed by atoms with van der Waals surface area (Å²) < 4.78 is 4.72. The van der Waals surface area contributed by atoms with E-state index in [1.807, 2.05) is 6.92 Å². The van der Waals surface area contributed by atoms with Gasteiger partial charge in [0.25, 0.3) is 0 Å². The SMILES string of the molecule is CCC1=C(C#N)CCOC(=O)N1. The quantitative estimate of drug-likeness (QED) is 0.638. The Morgan fingerprint density at radius 3 is 3.08 bits per heavy atom. The number of amides is 1. The van der Waals surface area contributed by atoms with E-state index >= 15 is 0 Å². The molecule has 64 valence electrons. The van der Waals surface area contributed by atoms with Gasteiger partial charge in [-0.3, -0.25) is 5.32 Å². The van der Waals surface area contributed by atoms with Crippen LogP contribution < -0.4 is 5.32 Å². The van der Waals surface area contributed by atoms with Gasteiger partial charge in [-0.15, -0.1) is 0 Å². The molecule has 4 nitrogen and oxygen atoms in total. The highest BCUT2D eigenvalue weighted by atomic mass is 16.5. The number of carbonyl (C=O) groups is 1. The topological polar surface area (TPSA) is 62.1 Å². The molecule has 0 saturated carbocycles. The van der Waals surface area contributed by atoms with Crippen LogP contribution in [0.15, 0.2) is 11.3 Å². The molecule has 0 aromatic heterocycles. The Kier molecular flexibility index (Phi) is 2.70. The third-order valence-electron chi connectivity index (χ3n) is 1.69. The van der Waals surface area contributed by atoms with Gasteiger partial charge < -0.3 is 4.74 Å². The lowest BCUT2D eigenvalue weighted by atomic mass is 10.1. The summed E-state index contributed by atoms with van der Waals surface area (Å²) in [6.07, 6.45) is 0.702. The molecule has 0 radical (unpaired) electrons. The van der Waals surface area contributed by atoms with Crippen LogP contribution in [-0.4, -0.2) is 12.7 Å². The van der Waals surface area contributed by atoms with Crippen molar-refractivity contribution in [1.29, 1.82) is 5.26 Å². The minimum atomic E-state index is -0.461. The molecule has 1 amide bonds. The lowest BCUT2D eigenvalue weighted by molar-refractivity contribution is 0.153. The minimum Gasteiger partial charge on any atom is -0.449 e. The van der Waals surface area contributed by atoms with Gasteiger partial charge in [-0.05, 0) is 6.42 Å². The van der Waals surface area contributed by atoms with Crippen molar-refractivity contribution in [2.24, 2.45) is 0 Å². The molecular formula is C8H10N2O2. The lowest BCUT2D eigenvalue weighted by Crippen LogP contribution is -2.21. The third kappa shape index (κ3) is 1.76. The molecule has 0 spiro atoms. The van der Waals surface area contributed by atoms with Crippen molar-refractivity contribution >= 4 is 6.09 Å². The van der Waals surface area contributed by atoms with Gasteiger partial charge in [-0.1, -0.05) is 6.92 Å². The van der Waals surface area contributed by atoms with E-state index in [-0.39, 0.29) is 6.61 Å². The van der Waals surface area contributed by atoms with Gasteiger partial charge in [0.05, 0.1) is 18.2 Å². The fraction of sp³-hybridized carbons (Fsp3) is 0.500. The summed E-state index contributed by atoms with van der Waals surface area (Å²) in [5.74, 6) is 0. The molecule has 0 aromatic carbocycles. The van der Waals surface area contributed by atoms with Crippen molar-refractivity contribution in [2.75, 3.05) is 6.61 Å². The van der Waals surface area contributed by atoms with E-state index in [0.717, 1.165) is 0 Å². The number of hydrogen-bond donors (Lipinski definition) is 1. The summed E-state index contributed by atoms with van der Waals surface area (Å²) >= 11 is 0. The number of nitrogens with one attached hydrogen (secondary N) is 1. The Bertz CT molecular complexity index is 263. The summed E-state index contributed by atoms with van der Waals surface area (Å²) in [7, 11) is 0. The highest BCUT2D eigenvalue weighted by Gasteiger charge is 2.14. The molecule has 0 fully saturated rings. The van der Waals surface area contributed by atoms with Crippen LogP contribution in [0.5, 0.6) is 0 Å². The average Bonchev–Trinajstić information content (AvgIpc) is 2.26. The minimum absolute atomic E-state index is 0.290. The molecule has 0 aliphatic carbocycles. The van der Waals surface area contributed by atoms with Crippen LogP contribution in [0.4, 0.5) is 4.79 Å². The molecule has 0 atom stereocenters. The van der Waals surface area contributed by atoms with Crippen LogP contribution >= 0.6 is 0 Å².